The van der Waals surface area contributed by atoms with Gasteiger partial charge in [-0.2, -0.15) is 0 Å². The predicted octanol–water partition coefficient (Wildman–Crippen LogP) is 0.154. The van der Waals surface area contributed by atoms with Crippen LogP contribution in [0.2, 0.25) is 0 Å². The van der Waals surface area contributed by atoms with Gasteiger partial charge in [-0.15, -0.1) is 0 Å². The second-order valence-corrected chi connectivity index (χ2v) is 0. The zero-order valence-corrected chi connectivity index (χ0v) is 6.73. The summed E-state index contributed by atoms with van der Waals surface area (Å²) in [7, 11) is 0. The first kappa shape index (κ1) is 44.9. The molecule has 1 radical (unpaired) electrons. The summed E-state index contributed by atoms with van der Waals surface area (Å²) in [5.41, 5.74) is 0. The Balaban J connectivity index is 0. The van der Waals surface area contributed by atoms with E-state index in [1.54, 1.807) is 0 Å². The Morgan fingerprint density at radius 2 is 1.00 bits per heavy atom. The van der Waals surface area contributed by atoms with Gasteiger partial charge in [0.15, 0.2) is 0 Å². The summed E-state index contributed by atoms with van der Waals surface area (Å²) in [5, 5.41) is 0. The summed E-state index contributed by atoms with van der Waals surface area (Å²) in [6.07, 6.45) is 0. The van der Waals surface area contributed by atoms with Crippen LogP contribution in [0.4, 0.5) is 0 Å². The molecule has 0 aromatic carbocycles. The molecule has 3 N–H and O–H groups in total. The van der Waals surface area contributed by atoms with Crippen molar-refractivity contribution in [3.63, 3.8) is 0 Å². The van der Waals surface area contributed by atoms with Gasteiger partial charge in [-0.3, -0.25) is 0 Å². The Bertz CT molecular complexity index is 8.00. The molecule has 0 unspecified atom stereocenters. The van der Waals surface area contributed by atoms with Crippen LogP contribution in [-0.4, -0.2) is 0 Å². The Morgan fingerprint density at radius 1 is 1.00 bits per heavy atom. The smallest absolute Gasteiger partial charge is 0 e. The molecule has 0 saturated carbocycles. The fourth-order valence-corrected chi connectivity index (χ4v) is 0. The van der Waals surface area contributed by atoms with E-state index < -0.39 is 0 Å². The third kappa shape index (κ3) is 9.42. The average Bonchev–Trinajstić information content (AvgIpc) is 0. The molecule has 0 fully saturated rings. The first-order chi connectivity index (χ1) is 0. The van der Waals surface area contributed by atoms with Crippen LogP contribution < -0.4 is 6.15 Å². The van der Waals surface area contributed by atoms with Crippen molar-refractivity contribution in [3.8, 4) is 0 Å². The molecule has 4 heavy (non-hydrogen) atoms. The topological polar surface area (TPSA) is 35.0 Å². The van der Waals surface area contributed by atoms with Crippen LogP contribution in [0.25, 0.3) is 0 Å². The minimum Gasteiger partial charge on any atom is -0.344 e. The zero-order chi connectivity index (χ0) is 0. The fraction of sp³-hybridized carbons (Fsp3) is 0. The standard InChI is InChI=1S/Co.H3N.Ni.W/h;1H3;;. The summed E-state index contributed by atoms with van der Waals surface area (Å²) in [6, 6.07) is 0. The van der Waals surface area contributed by atoms with Crippen molar-refractivity contribution in [2.75, 3.05) is 0 Å². The molecule has 4 heteroatoms. The third-order valence-corrected chi connectivity index (χ3v) is 0. The molecule has 0 aromatic heterocycles. The first-order valence-electron chi connectivity index (χ1n) is 0. The quantitative estimate of drug-likeness (QED) is 0.634. The Hall–Kier alpha value is 1.65. The number of rotatable bonds is 0. The molecule has 0 rings (SSSR count). The minimum atomic E-state index is 0. The Morgan fingerprint density at radius 3 is 1.00 bits per heavy atom. The van der Waals surface area contributed by atoms with Crippen LogP contribution in [-0.2, 0) is 54.3 Å². The van der Waals surface area contributed by atoms with Gasteiger partial charge >= 0.3 is 0 Å². The van der Waals surface area contributed by atoms with Gasteiger partial charge in [0.25, 0.3) is 0 Å². The summed E-state index contributed by atoms with van der Waals surface area (Å²) in [5.74, 6) is 0. The van der Waals surface area contributed by atoms with E-state index in [0.717, 1.165) is 0 Å². The summed E-state index contributed by atoms with van der Waals surface area (Å²) in [4.78, 5) is 0. The largest absolute Gasteiger partial charge is 0.344 e. The molecule has 33 valence electrons. The van der Waals surface area contributed by atoms with E-state index >= 15 is 0 Å². The summed E-state index contributed by atoms with van der Waals surface area (Å²) in [6.45, 7) is 0. The van der Waals surface area contributed by atoms with Crippen LogP contribution >= 0.6 is 0 Å². The van der Waals surface area contributed by atoms with Crippen molar-refractivity contribution in [1.29, 1.82) is 0 Å². The molecule has 0 aliphatic rings. The minimum absolute atomic E-state index is 0. The molecule has 1 nitrogen and oxygen atoms in total. The van der Waals surface area contributed by atoms with E-state index in [4.69, 9.17) is 0 Å². The summed E-state index contributed by atoms with van der Waals surface area (Å²) < 4.78 is 0. The maximum atomic E-state index is 0. The molecule has 0 atom stereocenters. The van der Waals surface area contributed by atoms with Crippen LogP contribution in [0.3, 0.4) is 0 Å². The third-order valence-electron chi connectivity index (χ3n) is 0. The van der Waals surface area contributed by atoms with E-state index in [-0.39, 0.29) is 60.5 Å². The van der Waals surface area contributed by atoms with E-state index in [0.29, 0.717) is 0 Å². The van der Waals surface area contributed by atoms with E-state index in [1.807, 2.05) is 0 Å². The van der Waals surface area contributed by atoms with Crippen molar-refractivity contribution >= 4 is 0 Å². The van der Waals surface area contributed by atoms with Crippen LogP contribution in [0.5, 0.6) is 0 Å². The van der Waals surface area contributed by atoms with E-state index in [9.17, 15) is 0 Å². The molecule has 0 saturated heterocycles. The predicted molar refractivity (Wildman–Crippen MR) is 5.02 cm³/mol. The van der Waals surface area contributed by atoms with Gasteiger partial charge in [0.2, 0.25) is 0 Å². The van der Waals surface area contributed by atoms with Gasteiger partial charge in [-0.25, -0.2) is 0 Å². The van der Waals surface area contributed by atoms with Crippen molar-refractivity contribution in [2.45, 2.75) is 0 Å². The van der Waals surface area contributed by atoms with E-state index in [2.05, 4.69) is 0 Å². The first-order valence-corrected chi connectivity index (χ1v) is 0. The number of hydrogen-bond donors (Lipinski definition) is 1. The van der Waals surface area contributed by atoms with Gasteiger partial charge in [0.05, 0.1) is 0 Å². The Kier molecular flexibility index (Phi) is 256. The normalized spacial score (nSPS) is 0. The van der Waals surface area contributed by atoms with Gasteiger partial charge in [-0.1, -0.05) is 0 Å². The molecule has 0 aliphatic carbocycles. The zero-order valence-electron chi connectivity index (χ0n) is 1.76. The van der Waals surface area contributed by atoms with Crippen molar-refractivity contribution in [2.24, 2.45) is 0 Å². The van der Waals surface area contributed by atoms with Gasteiger partial charge < -0.3 is 6.15 Å². The molecule has 0 amide bonds. The molecule has 0 bridgehead atoms. The van der Waals surface area contributed by atoms with Gasteiger partial charge in [-0.05, 0) is 0 Å². The second kappa shape index (κ2) is 22.8. The van der Waals surface area contributed by atoms with Crippen LogP contribution in [0.1, 0.15) is 0 Å². The van der Waals surface area contributed by atoms with Crippen LogP contribution in [0.15, 0.2) is 0 Å². The van der Waals surface area contributed by atoms with Crippen molar-refractivity contribution in [3.05, 3.63) is 0 Å². The molecular weight excluding hydrogens is 315 g/mol. The van der Waals surface area contributed by atoms with Crippen LogP contribution in [0, 0.1) is 0 Å². The van der Waals surface area contributed by atoms with E-state index in [1.165, 1.54) is 0 Å². The fourth-order valence-electron chi connectivity index (χ4n) is 0. The molecule has 0 aromatic rings. The molecular formula is H3CoNNiW. The van der Waals surface area contributed by atoms with Crippen molar-refractivity contribution < 1.29 is 54.3 Å². The number of hydrogen-bond acceptors (Lipinski definition) is 1. The molecule has 0 aliphatic heterocycles. The van der Waals surface area contributed by atoms with Crippen molar-refractivity contribution in [1.82, 2.24) is 6.15 Å². The monoisotopic (exact) mass is 318 g/mol. The maximum absolute atomic E-state index is 0. The maximum Gasteiger partial charge on any atom is 0 e. The average molecular weight is 318 g/mol. The van der Waals surface area contributed by atoms with Gasteiger partial charge in [0.1, 0.15) is 0 Å². The SMILES string of the molecule is N.[Co].[Ni].[W]. The molecule has 0 spiro atoms. The molecule has 0 heterocycles. The summed E-state index contributed by atoms with van der Waals surface area (Å²) >= 11 is 0. The Labute approximate surface area is 60.3 Å². The second-order valence-electron chi connectivity index (χ2n) is 0. The van der Waals surface area contributed by atoms with Gasteiger partial charge in [0, 0.05) is 54.3 Å².